The number of rotatable bonds is 9. The number of benzene rings is 2. The summed E-state index contributed by atoms with van der Waals surface area (Å²) in [5, 5.41) is 11.8. The second-order valence-corrected chi connectivity index (χ2v) is 10.2. The summed E-state index contributed by atoms with van der Waals surface area (Å²) < 4.78 is 46.0. The summed E-state index contributed by atoms with van der Waals surface area (Å²) in [5.74, 6) is 0.655. The number of aromatic nitrogens is 2. The monoisotopic (exact) mass is 501 g/mol. The number of hydrogen-bond acceptors (Lipinski definition) is 5. The normalized spacial score (nSPS) is 23.1. The quantitative estimate of drug-likeness (QED) is 0.441. The van der Waals surface area contributed by atoms with E-state index in [0.29, 0.717) is 18.6 Å². The van der Waals surface area contributed by atoms with E-state index in [-0.39, 0.29) is 25.3 Å². The smallest absolute Gasteiger partial charge is 0.251 e. The first-order valence-corrected chi connectivity index (χ1v) is 12.6. The highest BCUT2D eigenvalue weighted by Gasteiger charge is 2.46. The minimum absolute atomic E-state index is 0.107. The third kappa shape index (κ3) is 4.32. The van der Waals surface area contributed by atoms with Crippen LogP contribution >= 0.6 is 0 Å². The van der Waals surface area contributed by atoms with Gasteiger partial charge in [0.2, 0.25) is 0 Å². The maximum Gasteiger partial charge on any atom is 0.251 e. The maximum atomic E-state index is 13.9. The number of aromatic amines is 1. The van der Waals surface area contributed by atoms with Crippen molar-refractivity contribution in [3.63, 3.8) is 0 Å². The van der Waals surface area contributed by atoms with Crippen LogP contribution in [0.5, 0.6) is 5.75 Å². The van der Waals surface area contributed by atoms with Gasteiger partial charge in [-0.25, -0.2) is 8.78 Å². The molecule has 2 N–H and O–H groups in total. The Hall–Kier alpha value is -2.78. The van der Waals surface area contributed by atoms with Crippen molar-refractivity contribution in [1.29, 1.82) is 0 Å². The first kappa shape index (κ1) is 24.9. The van der Waals surface area contributed by atoms with Gasteiger partial charge in [0.25, 0.3) is 6.43 Å². The summed E-state index contributed by atoms with van der Waals surface area (Å²) in [6, 6.07) is 10.2. The Bertz CT molecular complexity index is 1210. The van der Waals surface area contributed by atoms with Gasteiger partial charge in [-0.2, -0.15) is 5.10 Å². The van der Waals surface area contributed by atoms with Crippen molar-refractivity contribution in [2.24, 2.45) is 0 Å². The molecule has 3 heterocycles. The number of likely N-dealkylation sites (tertiary alicyclic amines) is 1. The van der Waals surface area contributed by atoms with Crippen LogP contribution in [0, 0.1) is 0 Å². The second kappa shape index (κ2) is 9.94. The van der Waals surface area contributed by atoms with Gasteiger partial charge in [0, 0.05) is 48.4 Å². The molecule has 1 fully saturated rings. The van der Waals surface area contributed by atoms with E-state index in [1.807, 2.05) is 55.3 Å². The van der Waals surface area contributed by atoms with Crippen molar-refractivity contribution in [2.75, 3.05) is 45.3 Å². The zero-order chi connectivity index (χ0) is 25.4. The van der Waals surface area contributed by atoms with Crippen LogP contribution < -0.4 is 10.1 Å². The Morgan fingerprint density at radius 1 is 1.22 bits per heavy atom. The van der Waals surface area contributed by atoms with E-state index in [2.05, 4.69) is 20.4 Å². The van der Waals surface area contributed by atoms with Crippen LogP contribution in [0.15, 0.2) is 36.5 Å². The average Bonchev–Trinajstić information content (AvgIpc) is 3.32. The fourth-order valence-corrected chi connectivity index (χ4v) is 6.11. The molecule has 2 atom stereocenters. The number of ether oxygens (including phenoxy) is 1. The number of fused-ring (bicyclic) bond motifs is 3. The van der Waals surface area contributed by atoms with Crippen LogP contribution in [-0.4, -0.2) is 78.5 Å². The van der Waals surface area contributed by atoms with Gasteiger partial charge in [-0.3, -0.25) is 19.3 Å². The highest BCUT2D eigenvalue weighted by molar-refractivity contribution is 5.84. The molecular weight excluding hydrogens is 467 g/mol. The molecule has 9 heteroatoms. The fraction of sp³-hybridized carbons (Fsp3) is 0.519. The molecule has 2 aliphatic heterocycles. The zero-order valence-corrected chi connectivity index (χ0v) is 21.0. The molecule has 3 aromatic rings. The lowest BCUT2D eigenvalue weighted by Crippen LogP contribution is -2.55. The molecule has 0 amide bonds. The molecule has 0 bridgehead atoms. The molecule has 0 aliphatic carbocycles. The minimum Gasteiger partial charge on any atom is -0.496 e. The van der Waals surface area contributed by atoms with Crippen LogP contribution in [0.25, 0.3) is 10.9 Å². The predicted molar refractivity (Wildman–Crippen MR) is 136 cm³/mol. The van der Waals surface area contributed by atoms with E-state index >= 15 is 0 Å². The molecule has 1 aromatic heterocycles. The van der Waals surface area contributed by atoms with Crippen LogP contribution in [0.1, 0.15) is 37.0 Å². The Morgan fingerprint density at radius 2 is 2.00 bits per heavy atom. The summed E-state index contributed by atoms with van der Waals surface area (Å²) in [4.78, 5) is 4.13. The number of alkyl halides is 3. The first-order valence-electron chi connectivity index (χ1n) is 12.6. The van der Waals surface area contributed by atoms with Gasteiger partial charge in [-0.1, -0.05) is 12.1 Å². The summed E-state index contributed by atoms with van der Waals surface area (Å²) in [6.45, 7) is 5.93. The SMILES string of the molecule is COc1cc(NC2CN(CCCF)C2)ccc1[C@]1(C)c2ccc3[nH]ncc3c2C[C@@H](C)N1CC(F)F. The zero-order valence-electron chi connectivity index (χ0n) is 21.0. The van der Waals surface area contributed by atoms with Crippen molar-refractivity contribution in [2.45, 2.75) is 50.7 Å². The van der Waals surface area contributed by atoms with Gasteiger partial charge < -0.3 is 10.1 Å². The molecule has 0 saturated carbocycles. The molecule has 0 spiro atoms. The van der Waals surface area contributed by atoms with E-state index in [1.54, 1.807) is 7.11 Å². The largest absolute Gasteiger partial charge is 0.496 e. The molecule has 5 rings (SSSR count). The first-order chi connectivity index (χ1) is 17.3. The van der Waals surface area contributed by atoms with Crippen LogP contribution in [0.4, 0.5) is 18.9 Å². The Balaban J connectivity index is 1.52. The molecule has 2 aromatic carbocycles. The van der Waals surface area contributed by atoms with Crippen LogP contribution in [-0.2, 0) is 12.0 Å². The van der Waals surface area contributed by atoms with Crippen molar-refractivity contribution < 1.29 is 17.9 Å². The van der Waals surface area contributed by atoms with E-state index in [9.17, 15) is 13.2 Å². The number of nitrogens with zero attached hydrogens (tertiary/aromatic N) is 3. The van der Waals surface area contributed by atoms with Crippen molar-refractivity contribution in [3.05, 3.63) is 53.2 Å². The van der Waals surface area contributed by atoms with Gasteiger partial charge in [-0.05, 0) is 49.9 Å². The third-order valence-corrected chi connectivity index (χ3v) is 7.86. The highest BCUT2D eigenvalue weighted by atomic mass is 19.3. The molecule has 6 nitrogen and oxygen atoms in total. The van der Waals surface area contributed by atoms with E-state index in [4.69, 9.17) is 4.74 Å². The molecule has 194 valence electrons. The van der Waals surface area contributed by atoms with Gasteiger partial charge in [0.15, 0.2) is 0 Å². The van der Waals surface area contributed by atoms with Crippen LogP contribution in [0.3, 0.4) is 0 Å². The molecule has 36 heavy (non-hydrogen) atoms. The summed E-state index contributed by atoms with van der Waals surface area (Å²) in [6.07, 6.45) is 0.589. The number of nitrogens with one attached hydrogen (secondary N) is 2. The molecule has 0 radical (unpaired) electrons. The van der Waals surface area contributed by atoms with Gasteiger partial charge in [0.05, 0.1) is 43.6 Å². The van der Waals surface area contributed by atoms with Gasteiger partial charge in [-0.15, -0.1) is 0 Å². The van der Waals surface area contributed by atoms with Gasteiger partial charge >= 0.3 is 0 Å². The molecule has 0 unspecified atom stereocenters. The maximum absolute atomic E-state index is 13.9. The van der Waals surface area contributed by atoms with Crippen molar-refractivity contribution in [3.8, 4) is 5.75 Å². The number of anilines is 1. The van der Waals surface area contributed by atoms with E-state index in [1.165, 1.54) is 0 Å². The van der Waals surface area contributed by atoms with Crippen molar-refractivity contribution in [1.82, 2.24) is 20.0 Å². The Labute approximate surface area is 209 Å². The van der Waals surface area contributed by atoms with E-state index < -0.39 is 12.0 Å². The highest BCUT2D eigenvalue weighted by Crippen LogP contribution is 2.48. The molecular formula is C27H34F3N5O. The Kier molecular flexibility index (Phi) is 6.87. The summed E-state index contributed by atoms with van der Waals surface area (Å²) >= 11 is 0. The lowest BCUT2D eigenvalue weighted by atomic mass is 9.73. The number of hydrogen-bond donors (Lipinski definition) is 2. The summed E-state index contributed by atoms with van der Waals surface area (Å²) in [5.41, 5.74) is 4.02. The topological polar surface area (TPSA) is 56.4 Å². The summed E-state index contributed by atoms with van der Waals surface area (Å²) in [7, 11) is 1.62. The number of methoxy groups -OCH3 is 1. The lowest BCUT2D eigenvalue weighted by molar-refractivity contribution is 0.00737. The number of H-pyrrole nitrogens is 1. The van der Waals surface area contributed by atoms with Crippen LogP contribution in [0.2, 0.25) is 0 Å². The average molecular weight is 502 g/mol. The molecule has 2 aliphatic rings. The lowest BCUT2D eigenvalue weighted by Gasteiger charge is -2.50. The Morgan fingerprint density at radius 3 is 2.72 bits per heavy atom. The number of halogens is 3. The van der Waals surface area contributed by atoms with E-state index in [0.717, 1.165) is 52.9 Å². The second-order valence-electron chi connectivity index (χ2n) is 10.2. The standard InChI is InChI=1S/C27H34F3N5O/c1-17-11-20-21-13-31-33-24(21)8-7-22(20)27(2,35(17)16-26(29)30)23-6-5-18(12-25(23)36-3)32-19-14-34(15-19)10-4-9-28/h5-8,12-13,17,19,26,32H,4,9-11,14-16H2,1-3H3,(H,31,33)/t17-,27+/m1/s1. The predicted octanol–water partition coefficient (Wildman–Crippen LogP) is 4.80. The fourth-order valence-electron chi connectivity index (χ4n) is 6.11. The van der Waals surface area contributed by atoms with Gasteiger partial charge in [0.1, 0.15) is 5.75 Å². The molecule has 1 saturated heterocycles. The third-order valence-electron chi connectivity index (χ3n) is 7.86. The minimum atomic E-state index is -2.46. The van der Waals surface area contributed by atoms with Crippen molar-refractivity contribution >= 4 is 16.6 Å².